The fourth-order valence-electron chi connectivity index (χ4n) is 2.34. The molecule has 0 aromatic heterocycles. The predicted molar refractivity (Wildman–Crippen MR) is 79.2 cm³/mol. The van der Waals surface area contributed by atoms with Crippen LogP contribution in [-0.2, 0) is 4.79 Å². The van der Waals surface area contributed by atoms with Gasteiger partial charge in [0.1, 0.15) is 5.75 Å². The van der Waals surface area contributed by atoms with Gasteiger partial charge in [-0.15, -0.1) is 0 Å². The minimum atomic E-state index is -0.989. The highest BCUT2D eigenvalue weighted by Gasteiger charge is 2.34. The van der Waals surface area contributed by atoms with Crippen LogP contribution in [0.15, 0.2) is 18.2 Å². The number of ether oxygens (including phenoxy) is 1. The number of amides is 1. The molecule has 0 aliphatic carbocycles. The van der Waals surface area contributed by atoms with E-state index >= 15 is 0 Å². The first kappa shape index (κ1) is 15.8. The van der Waals surface area contributed by atoms with Crippen molar-refractivity contribution in [1.82, 2.24) is 0 Å². The molecule has 3 atom stereocenters. The van der Waals surface area contributed by atoms with E-state index in [-0.39, 0.29) is 18.5 Å². The first-order chi connectivity index (χ1) is 9.97. The summed E-state index contributed by atoms with van der Waals surface area (Å²) in [5.74, 6) is 0.385. The topological polar surface area (TPSA) is 96.0 Å². The number of nitrogens with zero attached hydrogens (tertiary/aromatic N) is 1. The summed E-state index contributed by atoms with van der Waals surface area (Å²) in [7, 11) is 0. The molecule has 1 amide bonds. The number of nitrogens with two attached hydrogens (primary N) is 1. The van der Waals surface area contributed by atoms with E-state index in [9.17, 15) is 9.90 Å². The number of aliphatic hydroxyl groups excluding tert-OH is 2. The lowest BCUT2D eigenvalue weighted by Crippen LogP contribution is -2.49. The zero-order valence-electron chi connectivity index (χ0n) is 12.3. The van der Waals surface area contributed by atoms with Crippen molar-refractivity contribution in [3.63, 3.8) is 0 Å². The smallest absolute Gasteiger partial charge is 0.268 e. The van der Waals surface area contributed by atoms with Gasteiger partial charge in [-0.25, -0.2) is 0 Å². The van der Waals surface area contributed by atoms with Crippen LogP contribution in [0.5, 0.6) is 5.75 Å². The van der Waals surface area contributed by atoms with Crippen LogP contribution in [0, 0.1) is 0 Å². The van der Waals surface area contributed by atoms with E-state index < -0.39 is 18.8 Å². The number of hydrogen-bond donors (Lipinski definition) is 3. The molecule has 0 bridgehead atoms. The summed E-state index contributed by atoms with van der Waals surface area (Å²) in [6, 6.07) is 5.29. The van der Waals surface area contributed by atoms with Crippen molar-refractivity contribution in [2.24, 2.45) is 5.73 Å². The van der Waals surface area contributed by atoms with Crippen molar-refractivity contribution >= 4 is 11.6 Å². The number of fused-ring (bicyclic) bond motifs is 1. The van der Waals surface area contributed by atoms with Gasteiger partial charge < -0.3 is 25.6 Å². The molecule has 6 heteroatoms. The van der Waals surface area contributed by atoms with Gasteiger partial charge in [0.2, 0.25) is 0 Å². The summed E-state index contributed by atoms with van der Waals surface area (Å²) < 4.78 is 5.70. The molecule has 4 N–H and O–H groups in total. The van der Waals surface area contributed by atoms with Gasteiger partial charge >= 0.3 is 0 Å². The van der Waals surface area contributed by atoms with Crippen LogP contribution in [0.25, 0.3) is 0 Å². The second kappa shape index (κ2) is 6.43. The van der Waals surface area contributed by atoms with Gasteiger partial charge in [0.15, 0.2) is 6.10 Å². The SMILES string of the molecule is CCC1Oc2ccc(C(C)N)cc2N(CC(O)CO)C1=O. The Kier molecular flexibility index (Phi) is 4.82. The Balaban J connectivity index is 2.42. The van der Waals surface area contributed by atoms with Crippen LogP contribution in [-0.4, -0.2) is 41.5 Å². The third-order valence-electron chi connectivity index (χ3n) is 3.59. The molecule has 2 rings (SSSR count). The second-order valence-electron chi connectivity index (χ2n) is 5.32. The third-order valence-corrected chi connectivity index (χ3v) is 3.59. The third kappa shape index (κ3) is 3.18. The van der Waals surface area contributed by atoms with E-state index in [4.69, 9.17) is 15.6 Å². The van der Waals surface area contributed by atoms with Crippen LogP contribution in [0.1, 0.15) is 31.9 Å². The van der Waals surface area contributed by atoms with Crippen molar-refractivity contribution in [2.45, 2.75) is 38.5 Å². The van der Waals surface area contributed by atoms with E-state index in [2.05, 4.69) is 0 Å². The zero-order chi connectivity index (χ0) is 15.6. The lowest BCUT2D eigenvalue weighted by molar-refractivity contribution is -0.126. The van der Waals surface area contributed by atoms with Crippen LogP contribution in [0.4, 0.5) is 5.69 Å². The molecule has 1 aromatic carbocycles. The fourth-order valence-corrected chi connectivity index (χ4v) is 2.34. The zero-order valence-corrected chi connectivity index (χ0v) is 12.3. The Morgan fingerprint density at radius 1 is 1.48 bits per heavy atom. The van der Waals surface area contributed by atoms with Gasteiger partial charge in [-0.3, -0.25) is 4.79 Å². The summed E-state index contributed by atoms with van der Waals surface area (Å²) in [6.07, 6.45) is -1.01. The summed E-state index contributed by atoms with van der Waals surface area (Å²) >= 11 is 0. The highest BCUT2D eigenvalue weighted by atomic mass is 16.5. The van der Waals surface area contributed by atoms with Gasteiger partial charge in [0.05, 0.1) is 24.9 Å². The van der Waals surface area contributed by atoms with Gasteiger partial charge in [-0.1, -0.05) is 13.0 Å². The highest BCUT2D eigenvalue weighted by Crippen LogP contribution is 2.36. The maximum Gasteiger partial charge on any atom is 0.268 e. The quantitative estimate of drug-likeness (QED) is 0.737. The maximum atomic E-state index is 12.4. The standard InChI is InChI=1S/C15H22N2O4/c1-3-13-15(20)17(7-11(19)8-18)12-6-10(9(2)16)4-5-14(12)21-13/h4-6,9,11,13,18-19H,3,7-8,16H2,1-2H3. The number of aliphatic hydroxyl groups is 2. The number of carbonyl (C=O) groups is 1. The lowest BCUT2D eigenvalue weighted by atomic mass is 10.0. The molecule has 0 saturated carbocycles. The van der Waals surface area contributed by atoms with Gasteiger partial charge in [-0.05, 0) is 31.0 Å². The van der Waals surface area contributed by atoms with Crippen LogP contribution < -0.4 is 15.4 Å². The number of carbonyl (C=O) groups excluding carboxylic acids is 1. The molecule has 0 spiro atoms. The Morgan fingerprint density at radius 3 is 2.76 bits per heavy atom. The minimum absolute atomic E-state index is 0.0323. The van der Waals surface area contributed by atoms with E-state index in [0.717, 1.165) is 5.56 Å². The normalized spacial score (nSPS) is 20.7. The molecule has 0 radical (unpaired) electrons. The van der Waals surface area contributed by atoms with E-state index in [1.54, 1.807) is 12.1 Å². The second-order valence-corrected chi connectivity index (χ2v) is 5.32. The largest absolute Gasteiger partial charge is 0.478 e. The number of anilines is 1. The van der Waals surface area contributed by atoms with Crippen molar-refractivity contribution in [3.05, 3.63) is 23.8 Å². The first-order valence-corrected chi connectivity index (χ1v) is 7.14. The molecule has 1 aliphatic rings. The van der Waals surface area contributed by atoms with Gasteiger partial charge in [0.25, 0.3) is 5.91 Å². The lowest BCUT2D eigenvalue weighted by Gasteiger charge is -2.35. The number of β-amino-alcohol motifs (C(OH)–C–C–N with tert-alkyl or cyclic N) is 1. The van der Waals surface area contributed by atoms with E-state index in [1.807, 2.05) is 19.9 Å². The van der Waals surface area contributed by atoms with Crippen molar-refractivity contribution in [2.75, 3.05) is 18.1 Å². The Hall–Kier alpha value is -1.63. The van der Waals surface area contributed by atoms with Gasteiger partial charge in [0, 0.05) is 6.04 Å². The number of rotatable bonds is 5. The molecule has 0 saturated heterocycles. The molecule has 3 unspecified atom stereocenters. The molecule has 1 aliphatic heterocycles. The van der Waals surface area contributed by atoms with Crippen molar-refractivity contribution in [1.29, 1.82) is 0 Å². The van der Waals surface area contributed by atoms with E-state index in [1.165, 1.54) is 4.90 Å². The molecular formula is C15H22N2O4. The Morgan fingerprint density at radius 2 is 2.19 bits per heavy atom. The minimum Gasteiger partial charge on any atom is -0.478 e. The summed E-state index contributed by atoms with van der Waals surface area (Å²) in [5.41, 5.74) is 7.34. The van der Waals surface area contributed by atoms with Gasteiger partial charge in [-0.2, -0.15) is 0 Å². The first-order valence-electron chi connectivity index (χ1n) is 7.14. The average Bonchev–Trinajstić information content (AvgIpc) is 2.48. The summed E-state index contributed by atoms with van der Waals surface area (Å²) in [5, 5.41) is 18.7. The predicted octanol–water partition coefficient (Wildman–Crippen LogP) is 0.563. The monoisotopic (exact) mass is 294 g/mol. The molecule has 0 fully saturated rings. The fraction of sp³-hybridized carbons (Fsp3) is 0.533. The summed E-state index contributed by atoms with van der Waals surface area (Å²) in [6.45, 7) is 3.36. The van der Waals surface area contributed by atoms with Crippen molar-refractivity contribution < 1.29 is 19.7 Å². The average molecular weight is 294 g/mol. The molecular weight excluding hydrogens is 272 g/mol. The van der Waals surface area contributed by atoms with Crippen LogP contribution >= 0.6 is 0 Å². The molecule has 1 heterocycles. The Labute approximate surface area is 124 Å². The maximum absolute atomic E-state index is 12.4. The number of benzene rings is 1. The Bertz CT molecular complexity index is 518. The molecule has 1 aromatic rings. The molecule has 21 heavy (non-hydrogen) atoms. The van der Waals surface area contributed by atoms with Crippen LogP contribution in [0.2, 0.25) is 0 Å². The van der Waals surface area contributed by atoms with Crippen molar-refractivity contribution in [3.8, 4) is 5.75 Å². The van der Waals surface area contributed by atoms with Crippen LogP contribution in [0.3, 0.4) is 0 Å². The van der Waals surface area contributed by atoms with E-state index in [0.29, 0.717) is 17.9 Å². The highest BCUT2D eigenvalue weighted by molar-refractivity contribution is 6.00. The molecule has 6 nitrogen and oxygen atoms in total. The summed E-state index contributed by atoms with van der Waals surface area (Å²) in [4.78, 5) is 13.9. The number of hydrogen-bond acceptors (Lipinski definition) is 5. The molecule has 116 valence electrons.